The largest absolute Gasteiger partial charge is 0.389 e. The molecule has 2 nitrogen and oxygen atoms in total. The van der Waals surface area contributed by atoms with E-state index in [4.69, 9.17) is 0 Å². The van der Waals surface area contributed by atoms with Crippen molar-refractivity contribution in [3.8, 4) is 0 Å². The quantitative estimate of drug-likeness (QED) is 0.866. The second-order valence-corrected chi connectivity index (χ2v) is 7.19. The van der Waals surface area contributed by atoms with Crippen LogP contribution in [-0.2, 0) is 6.42 Å². The van der Waals surface area contributed by atoms with Gasteiger partial charge in [0.05, 0.1) is 16.3 Å². The molecule has 2 unspecified atom stereocenters. The van der Waals surface area contributed by atoms with Crippen molar-refractivity contribution in [1.29, 1.82) is 0 Å². The number of aliphatic hydroxyl groups is 1. The average Bonchev–Trinajstić information content (AvgIpc) is 2.58. The smallest absolute Gasteiger partial charge is 0.0959 e. The van der Waals surface area contributed by atoms with Gasteiger partial charge in [-0.2, -0.15) is 11.8 Å². The Hall–Kier alpha value is -0.0600. The first-order valence-corrected chi connectivity index (χ1v) is 7.12. The van der Waals surface area contributed by atoms with Crippen LogP contribution in [0.1, 0.15) is 28.9 Å². The molecule has 1 aromatic rings. The Morgan fingerprint density at radius 1 is 1.53 bits per heavy atom. The van der Waals surface area contributed by atoms with Crippen molar-refractivity contribution >= 4 is 23.1 Å². The third kappa shape index (κ3) is 2.55. The molecule has 1 N–H and O–H groups in total. The first-order valence-electron chi connectivity index (χ1n) is 5.25. The van der Waals surface area contributed by atoms with E-state index in [9.17, 15) is 5.11 Å². The molecular formula is C11H17NOS2. The molecule has 0 radical (unpaired) electrons. The first-order chi connectivity index (χ1) is 6.98. The van der Waals surface area contributed by atoms with Crippen LogP contribution in [0.5, 0.6) is 0 Å². The fourth-order valence-electron chi connectivity index (χ4n) is 1.97. The lowest BCUT2D eigenvalue weighted by Gasteiger charge is -2.19. The molecule has 0 bridgehead atoms. The van der Waals surface area contributed by atoms with E-state index in [1.807, 2.05) is 18.7 Å². The molecule has 1 saturated heterocycles. The Balaban J connectivity index is 2.08. The van der Waals surface area contributed by atoms with Crippen LogP contribution < -0.4 is 0 Å². The molecule has 0 saturated carbocycles. The molecule has 2 atom stereocenters. The van der Waals surface area contributed by atoms with Gasteiger partial charge in [-0.15, -0.1) is 11.3 Å². The van der Waals surface area contributed by atoms with E-state index in [1.165, 1.54) is 4.88 Å². The van der Waals surface area contributed by atoms with Crippen LogP contribution >= 0.6 is 23.1 Å². The highest BCUT2D eigenvalue weighted by Gasteiger charge is 2.36. The van der Waals surface area contributed by atoms with Crippen molar-refractivity contribution in [1.82, 2.24) is 4.98 Å². The number of hydrogen-bond donors (Lipinski definition) is 1. The van der Waals surface area contributed by atoms with E-state index in [-0.39, 0.29) is 0 Å². The Labute approximate surface area is 99.1 Å². The second kappa shape index (κ2) is 4.07. The SMILES string of the molecule is Cc1nc(CC2(O)CSC(C)C2)sc1C. The molecule has 2 rings (SSSR count). The van der Waals surface area contributed by atoms with E-state index in [2.05, 4.69) is 18.8 Å². The van der Waals surface area contributed by atoms with E-state index >= 15 is 0 Å². The van der Waals surface area contributed by atoms with Crippen LogP contribution in [0.4, 0.5) is 0 Å². The number of thioether (sulfide) groups is 1. The van der Waals surface area contributed by atoms with Crippen LogP contribution in [0.2, 0.25) is 0 Å². The lowest BCUT2D eigenvalue weighted by atomic mass is 9.97. The van der Waals surface area contributed by atoms with Crippen LogP contribution in [0, 0.1) is 13.8 Å². The molecule has 0 aromatic carbocycles. The Kier molecular flexibility index (Phi) is 3.10. The number of hydrogen-bond acceptors (Lipinski definition) is 4. The second-order valence-electron chi connectivity index (χ2n) is 4.48. The lowest BCUT2D eigenvalue weighted by molar-refractivity contribution is 0.0642. The van der Waals surface area contributed by atoms with Crippen molar-refractivity contribution in [2.45, 2.75) is 44.5 Å². The minimum Gasteiger partial charge on any atom is -0.389 e. The third-order valence-corrected chi connectivity index (χ3v) is 5.37. The number of nitrogens with zero attached hydrogens (tertiary/aromatic N) is 1. The molecule has 4 heteroatoms. The van der Waals surface area contributed by atoms with Gasteiger partial charge in [-0.05, 0) is 20.3 Å². The molecule has 1 aliphatic heterocycles. The maximum absolute atomic E-state index is 10.4. The number of aryl methyl sites for hydroxylation is 2. The highest BCUT2D eigenvalue weighted by Crippen LogP contribution is 2.37. The molecule has 0 amide bonds. The Morgan fingerprint density at radius 3 is 2.73 bits per heavy atom. The van der Waals surface area contributed by atoms with Gasteiger partial charge in [-0.1, -0.05) is 6.92 Å². The molecular weight excluding hydrogens is 226 g/mol. The van der Waals surface area contributed by atoms with Gasteiger partial charge in [-0.3, -0.25) is 0 Å². The topological polar surface area (TPSA) is 33.1 Å². The van der Waals surface area contributed by atoms with Crippen LogP contribution in [-0.4, -0.2) is 26.7 Å². The fraction of sp³-hybridized carbons (Fsp3) is 0.727. The van der Waals surface area contributed by atoms with Gasteiger partial charge in [0.2, 0.25) is 0 Å². The summed E-state index contributed by atoms with van der Waals surface area (Å²) in [7, 11) is 0. The summed E-state index contributed by atoms with van der Waals surface area (Å²) in [6.45, 7) is 6.30. The summed E-state index contributed by atoms with van der Waals surface area (Å²) in [5.74, 6) is 0.853. The Morgan fingerprint density at radius 2 is 2.27 bits per heavy atom. The zero-order chi connectivity index (χ0) is 11.1. The normalized spacial score (nSPS) is 31.1. The van der Waals surface area contributed by atoms with Crippen molar-refractivity contribution in [3.63, 3.8) is 0 Å². The number of rotatable bonds is 2. The van der Waals surface area contributed by atoms with Gasteiger partial charge in [0, 0.05) is 22.3 Å². The molecule has 1 aliphatic rings. The molecule has 2 heterocycles. The molecule has 1 aromatic heterocycles. The summed E-state index contributed by atoms with van der Waals surface area (Å²) in [5, 5.41) is 12.0. The molecule has 0 spiro atoms. The van der Waals surface area contributed by atoms with Gasteiger partial charge in [0.1, 0.15) is 0 Å². The average molecular weight is 243 g/mol. The van der Waals surface area contributed by atoms with E-state index < -0.39 is 5.60 Å². The summed E-state index contributed by atoms with van der Waals surface area (Å²) in [5.41, 5.74) is 0.596. The minimum absolute atomic E-state index is 0.513. The molecule has 84 valence electrons. The van der Waals surface area contributed by atoms with E-state index in [0.717, 1.165) is 29.3 Å². The Bertz CT molecular complexity index is 344. The highest BCUT2D eigenvalue weighted by molar-refractivity contribution is 8.00. The minimum atomic E-state index is -0.513. The van der Waals surface area contributed by atoms with Gasteiger partial charge >= 0.3 is 0 Å². The summed E-state index contributed by atoms with van der Waals surface area (Å²) < 4.78 is 0. The van der Waals surface area contributed by atoms with Crippen molar-refractivity contribution in [2.24, 2.45) is 0 Å². The maximum Gasteiger partial charge on any atom is 0.0959 e. The van der Waals surface area contributed by atoms with Crippen molar-refractivity contribution in [2.75, 3.05) is 5.75 Å². The van der Waals surface area contributed by atoms with Gasteiger partial charge in [0.25, 0.3) is 0 Å². The summed E-state index contributed by atoms with van der Waals surface area (Å²) in [6, 6.07) is 0. The van der Waals surface area contributed by atoms with E-state index in [1.54, 1.807) is 11.3 Å². The maximum atomic E-state index is 10.4. The highest BCUT2D eigenvalue weighted by atomic mass is 32.2. The molecule has 0 aliphatic carbocycles. The first kappa shape index (κ1) is 11.4. The van der Waals surface area contributed by atoms with Gasteiger partial charge in [-0.25, -0.2) is 4.98 Å². The zero-order valence-electron chi connectivity index (χ0n) is 9.41. The van der Waals surface area contributed by atoms with E-state index in [0.29, 0.717) is 5.25 Å². The zero-order valence-corrected chi connectivity index (χ0v) is 11.0. The summed E-state index contributed by atoms with van der Waals surface area (Å²) in [4.78, 5) is 5.76. The molecule has 15 heavy (non-hydrogen) atoms. The molecule has 1 fully saturated rings. The number of aromatic nitrogens is 1. The van der Waals surface area contributed by atoms with Crippen LogP contribution in [0.25, 0.3) is 0 Å². The van der Waals surface area contributed by atoms with Crippen molar-refractivity contribution in [3.05, 3.63) is 15.6 Å². The predicted octanol–water partition coefficient (Wildman–Crippen LogP) is 2.56. The van der Waals surface area contributed by atoms with Crippen molar-refractivity contribution < 1.29 is 5.11 Å². The van der Waals surface area contributed by atoms with Crippen LogP contribution in [0.3, 0.4) is 0 Å². The fourth-order valence-corrected chi connectivity index (χ4v) is 4.28. The predicted molar refractivity (Wildman–Crippen MR) is 66.8 cm³/mol. The van der Waals surface area contributed by atoms with Gasteiger partial charge in [0.15, 0.2) is 0 Å². The summed E-state index contributed by atoms with van der Waals surface area (Å²) >= 11 is 3.58. The number of thiazole rings is 1. The third-order valence-electron chi connectivity index (χ3n) is 2.86. The monoisotopic (exact) mass is 243 g/mol. The van der Waals surface area contributed by atoms with Crippen LogP contribution in [0.15, 0.2) is 0 Å². The van der Waals surface area contributed by atoms with Gasteiger partial charge < -0.3 is 5.11 Å². The summed E-state index contributed by atoms with van der Waals surface area (Å²) in [6.07, 6.45) is 1.62. The lowest BCUT2D eigenvalue weighted by Crippen LogP contribution is -2.31. The standard InChI is InChI=1S/C11H17NOS2/c1-7-4-11(13,6-14-7)5-10-12-8(2)9(3)15-10/h7,13H,4-6H2,1-3H3.